The molecule has 1 fully saturated rings. The van der Waals surface area contributed by atoms with Crippen LogP contribution < -0.4 is 0 Å². The molecule has 0 aliphatic carbocycles. The van der Waals surface area contributed by atoms with Crippen LogP contribution in [0.15, 0.2) is 58.3 Å². The Morgan fingerprint density at radius 2 is 1.73 bits per heavy atom. The van der Waals surface area contributed by atoms with Crippen LogP contribution in [0.4, 0.5) is 0 Å². The highest BCUT2D eigenvalue weighted by molar-refractivity contribution is 8.00. The summed E-state index contributed by atoms with van der Waals surface area (Å²) in [6, 6.07) is 12.7. The Bertz CT molecular complexity index is 1000. The summed E-state index contributed by atoms with van der Waals surface area (Å²) in [4.78, 5) is 25.0. The molecule has 0 amide bonds. The monoisotopic (exact) mass is 469 g/mol. The molecule has 1 aliphatic rings. The number of nitrogens with zero attached hydrogens (tertiary/aromatic N) is 1. The van der Waals surface area contributed by atoms with E-state index in [0.717, 1.165) is 4.90 Å². The maximum absolute atomic E-state index is 12.6. The quantitative estimate of drug-likeness (QED) is 0.333. The molecule has 0 spiro atoms. The number of carbonyl (C=O) groups excluding carboxylic acids is 2. The van der Waals surface area contributed by atoms with Crippen molar-refractivity contribution in [1.29, 1.82) is 0 Å². The fourth-order valence-electron chi connectivity index (χ4n) is 2.72. The van der Waals surface area contributed by atoms with Gasteiger partial charge in [-0.25, -0.2) is 8.42 Å². The van der Waals surface area contributed by atoms with Gasteiger partial charge in [-0.2, -0.15) is 4.31 Å². The van der Waals surface area contributed by atoms with Gasteiger partial charge in [0.15, 0.2) is 12.4 Å². The lowest BCUT2D eigenvalue weighted by Crippen LogP contribution is -2.40. The fraction of sp³-hybridized carbons (Fsp3) is 0.300. The van der Waals surface area contributed by atoms with Gasteiger partial charge in [-0.15, -0.1) is 11.8 Å². The zero-order valence-corrected chi connectivity index (χ0v) is 18.3. The number of morpholine rings is 1. The van der Waals surface area contributed by atoms with Crippen LogP contribution in [-0.2, 0) is 24.3 Å². The molecular weight excluding hydrogens is 450 g/mol. The summed E-state index contributed by atoms with van der Waals surface area (Å²) in [5, 5.41) is 0.540. The lowest BCUT2D eigenvalue weighted by atomic mass is 10.1. The molecule has 2 aromatic carbocycles. The zero-order chi connectivity index (χ0) is 21.6. The molecule has 0 aromatic heterocycles. The van der Waals surface area contributed by atoms with Crippen molar-refractivity contribution in [3.63, 3.8) is 0 Å². The number of sulfonamides is 1. The Hall–Kier alpha value is -1.91. The molecule has 10 heteroatoms. The van der Waals surface area contributed by atoms with Gasteiger partial charge in [0.1, 0.15) is 0 Å². The first-order valence-electron chi connectivity index (χ1n) is 9.12. The van der Waals surface area contributed by atoms with Gasteiger partial charge >= 0.3 is 5.97 Å². The van der Waals surface area contributed by atoms with Crippen molar-refractivity contribution in [1.82, 2.24) is 4.31 Å². The largest absolute Gasteiger partial charge is 0.457 e. The molecule has 30 heavy (non-hydrogen) atoms. The van der Waals surface area contributed by atoms with Gasteiger partial charge in [0.25, 0.3) is 0 Å². The van der Waals surface area contributed by atoms with Crippen LogP contribution in [0.25, 0.3) is 0 Å². The van der Waals surface area contributed by atoms with E-state index in [1.165, 1.54) is 40.3 Å². The highest BCUT2D eigenvalue weighted by Crippen LogP contribution is 2.26. The van der Waals surface area contributed by atoms with Gasteiger partial charge in [0, 0.05) is 23.5 Å². The molecule has 7 nitrogen and oxygen atoms in total. The van der Waals surface area contributed by atoms with Crippen molar-refractivity contribution in [3.8, 4) is 0 Å². The number of ketones is 1. The number of hydrogen-bond donors (Lipinski definition) is 0. The van der Waals surface area contributed by atoms with Crippen molar-refractivity contribution < 1.29 is 27.5 Å². The van der Waals surface area contributed by atoms with Gasteiger partial charge in [0.2, 0.25) is 10.0 Å². The van der Waals surface area contributed by atoms with Gasteiger partial charge in [-0.05, 0) is 36.4 Å². The zero-order valence-electron chi connectivity index (χ0n) is 16.0. The number of esters is 1. The van der Waals surface area contributed by atoms with Crippen LogP contribution in [0.5, 0.6) is 0 Å². The van der Waals surface area contributed by atoms with Gasteiger partial charge in [-0.1, -0.05) is 23.7 Å². The third-order valence-electron chi connectivity index (χ3n) is 4.33. The summed E-state index contributed by atoms with van der Waals surface area (Å²) < 4.78 is 36.7. The van der Waals surface area contributed by atoms with Gasteiger partial charge in [0.05, 0.1) is 28.9 Å². The predicted molar refractivity (Wildman–Crippen MR) is 113 cm³/mol. The Balaban J connectivity index is 1.52. The first-order valence-corrected chi connectivity index (χ1v) is 11.9. The van der Waals surface area contributed by atoms with Crippen molar-refractivity contribution in [2.24, 2.45) is 0 Å². The van der Waals surface area contributed by atoms with Crippen LogP contribution in [-0.4, -0.2) is 63.1 Å². The number of ether oxygens (including phenoxy) is 2. The molecule has 0 atom stereocenters. The van der Waals surface area contributed by atoms with E-state index in [1.807, 2.05) is 6.07 Å². The van der Waals surface area contributed by atoms with Crippen LogP contribution in [0.3, 0.4) is 0 Å². The third kappa shape index (κ3) is 5.83. The number of carbonyl (C=O) groups is 2. The summed E-state index contributed by atoms with van der Waals surface area (Å²) in [7, 11) is -3.62. The molecule has 3 rings (SSSR count). The summed E-state index contributed by atoms with van der Waals surface area (Å²) in [6.45, 7) is 0.889. The second-order valence-corrected chi connectivity index (χ2v) is 9.71. The number of Topliss-reactive ketones (excluding diaryl/α,β-unsaturated/α-hetero) is 1. The lowest BCUT2D eigenvalue weighted by molar-refractivity contribution is -0.139. The summed E-state index contributed by atoms with van der Waals surface area (Å²) >= 11 is 7.25. The van der Waals surface area contributed by atoms with Crippen molar-refractivity contribution in [2.75, 3.05) is 38.7 Å². The van der Waals surface area contributed by atoms with Crippen molar-refractivity contribution in [2.45, 2.75) is 9.79 Å². The van der Waals surface area contributed by atoms with Gasteiger partial charge < -0.3 is 9.47 Å². The number of benzene rings is 2. The summed E-state index contributed by atoms with van der Waals surface area (Å²) in [5.74, 6) is -0.936. The van der Waals surface area contributed by atoms with E-state index >= 15 is 0 Å². The van der Waals surface area contributed by atoms with E-state index in [-0.39, 0.29) is 16.2 Å². The Labute approximate surface area is 184 Å². The highest BCUT2D eigenvalue weighted by atomic mass is 35.5. The minimum absolute atomic E-state index is 0.0216. The van der Waals surface area contributed by atoms with Crippen LogP contribution >= 0.6 is 23.4 Å². The van der Waals surface area contributed by atoms with E-state index in [4.69, 9.17) is 21.1 Å². The van der Waals surface area contributed by atoms with Crippen LogP contribution in [0.2, 0.25) is 5.02 Å². The first kappa shape index (κ1) is 22.8. The molecule has 1 aliphatic heterocycles. The number of hydrogen-bond acceptors (Lipinski definition) is 7. The van der Waals surface area contributed by atoms with E-state index in [2.05, 4.69) is 0 Å². The van der Waals surface area contributed by atoms with E-state index in [0.29, 0.717) is 31.3 Å². The molecule has 1 heterocycles. The number of halogens is 1. The minimum Gasteiger partial charge on any atom is -0.457 e. The maximum Gasteiger partial charge on any atom is 0.316 e. The molecule has 160 valence electrons. The standard InChI is InChI=1S/C20H20ClNO6S2/c21-17-3-1-2-4-19(17)29-14-20(24)28-13-18(23)15-5-7-16(8-6-15)30(25,26)22-9-11-27-12-10-22/h1-8H,9-14H2. The fourth-order valence-corrected chi connectivity index (χ4v) is 5.16. The molecule has 1 saturated heterocycles. The topological polar surface area (TPSA) is 90.0 Å². The van der Waals surface area contributed by atoms with Gasteiger partial charge in [-0.3, -0.25) is 9.59 Å². The maximum atomic E-state index is 12.6. The molecular formula is C20H20ClNO6S2. The average Bonchev–Trinajstić information content (AvgIpc) is 2.77. The molecule has 0 radical (unpaired) electrons. The second kappa shape index (κ2) is 10.4. The summed E-state index contributed by atoms with van der Waals surface area (Å²) in [5.41, 5.74) is 0.266. The minimum atomic E-state index is -3.62. The Kier molecular flexibility index (Phi) is 7.90. The Morgan fingerprint density at radius 1 is 1.07 bits per heavy atom. The molecule has 2 aromatic rings. The molecule has 0 N–H and O–H groups in total. The van der Waals surface area contributed by atoms with Crippen molar-refractivity contribution in [3.05, 3.63) is 59.1 Å². The summed E-state index contributed by atoms with van der Waals surface area (Å²) in [6.07, 6.45) is 0. The highest BCUT2D eigenvalue weighted by Gasteiger charge is 2.26. The molecule has 0 bridgehead atoms. The lowest BCUT2D eigenvalue weighted by Gasteiger charge is -2.26. The molecule has 0 unspecified atom stereocenters. The average molecular weight is 470 g/mol. The second-order valence-electron chi connectivity index (χ2n) is 6.34. The van der Waals surface area contributed by atoms with Crippen molar-refractivity contribution >= 4 is 45.1 Å². The molecule has 0 saturated carbocycles. The van der Waals surface area contributed by atoms with E-state index in [9.17, 15) is 18.0 Å². The normalized spacial score (nSPS) is 15.0. The number of thioether (sulfide) groups is 1. The van der Waals surface area contributed by atoms with E-state index < -0.39 is 28.4 Å². The Morgan fingerprint density at radius 3 is 2.40 bits per heavy atom. The smallest absolute Gasteiger partial charge is 0.316 e. The SMILES string of the molecule is O=C(CSc1ccccc1Cl)OCC(=O)c1ccc(S(=O)(=O)N2CCOCC2)cc1. The third-order valence-corrected chi connectivity index (χ3v) is 7.73. The van der Waals surface area contributed by atoms with Crippen LogP contribution in [0.1, 0.15) is 10.4 Å². The first-order chi connectivity index (χ1) is 14.4. The van der Waals surface area contributed by atoms with Crippen LogP contribution in [0, 0.1) is 0 Å². The predicted octanol–water partition coefficient (Wildman–Crippen LogP) is 2.88. The van der Waals surface area contributed by atoms with E-state index in [1.54, 1.807) is 18.2 Å². The number of rotatable bonds is 8.